The van der Waals surface area contributed by atoms with Crippen molar-refractivity contribution in [2.45, 2.75) is 62.7 Å². The summed E-state index contributed by atoms with van der Waals surface area (Å²) in [5.41, 5.74) is -0.806. The number of hydrogen-bond donors (Lipinski definition) is 3. The Morgan fingerprint density at radius 3 is 2.50 bits per heavy atom. The van der Waals surface area contributed by atoms with Crippen LogP contribution < -0.4 is 15.4 Å². The number of amides is 4. The SMILES string of the molecule is CNC(=O)N1CC(N(C(=O)NCc2ccc(OC(F)(F)F)cc2F)C2CC2)CC(C2(O)CC2)C1. The minimum Gasteiger partial charge on any atom is -0.406 e. The van der Waals surface area contributed by atoms with E-state index >= 15 is 0 Å². The number of nitrogens with one attached hydrogen (secondary N) is 2. The summed E-state index contributed by atoms with van der Waals surface area (Å²) < 4.78 is 55.0. The quantitative estimate of drug-likeness (QED) is 0.537. The number of carbonyl (C=O) groups is 2. The molecule has 188 valence electrons. The number of ether oxygens (including phenoxy) is 1. The predicted molar refractivity (Wildman–Crippen MR) is 112 cm³/mol. The lowest BCUT2D eigenvalue weighted by Gasteiger charge is -2.44. The Hall–Kier alpha value is -2.76. The first-order chi connectivity index (χ1) is 16.0. The topological polar surface area (TPSA) is 94.1 Å². The summed E-state index contributed by atoms with van der Waals surface area (Å²) >= 11 is 0. The lowest BCUT2D eigenvalue weighted by molar-refractivity contribution is -0.274. The molecule has 3 N–H and O–H groups in total. The second-order valence-corrected chi connectivity index (χ2v) is 9.25. The molecule has 1 aromatic rings. The molecule has 2 aliphatic carbocycles. The first-order valence-electron chi connectivity index (χ1n) is 11.3. The van der Waals surface area contributed by atoms with Crippen LogP contribution in [-0.4, -0.2) is 71.2 Å². The standard InChI is InChI=1S/C22H28F4N4O4/c1-27-19(31)29-11-14(21(33)6-7-21)8-16(12-29)30(15-3-4-15)20(32)28-10-13-2-5-17(9-18(13)23)34-22(24,25)26/h2,5,9,14-16,33H,3-4,6-8,10-12H2,1H3,(H,27,31)(H,28,32). The predicted octanol–water partition coefficient (Wildman–Crippen LogP) is 2.95. The van der Waals surface area contributed by atoms with Crippen LogP contribution in [0.15, 0.2) is 18.2 Å². The number of rotatable bonds is 6. The number of likely N-dealkylation sites (tertiary alicyclic amines) is 1. The molecule has 2 atom stereocenters. The fourth-order valence-electron chi connectivity index (χ4n) is 4.64. The van der Waals surface area contributed by atoms with Crippen LogP contribution in [0.3, 0.4) is 0 Å². The molecule has 0 radical (unpaired) electrons. The molecule has 3 aliphatic rings. The molecule has 2 saturated carbocycles. The van der Waals surface area contributed by atoms with Gasteiger partial charge in [-0.05, 0) is 38.2 Å². The van der Waals surface area contributed by atoms with E-state index in [1.54, 1.807) is 9.80 Å². The van der Waals surface area contributed by atoms with Crippen molar-refractivity contribution in [3.05, 3.63) is 29.6 Å². The van der Waals surface area contributed by atoms with Crippen LogP contribution in [0.25, 0.3) is 0 Å². The van der Waals surface area contributed by atoms with Gasteiger partial charge in [-0.1, -0.05) is 6.07 Å². The Labute approximate surface area is 194 Å². The van der Waals surface area contributed by atoms with Crippen molar-refractivity contribution in [3.63, 3.8) is 0 Å². The number of piperidine rings is 1. The lowest BCUT2D eigenvalue weighted by atomic mass is 9.87. The van der Waals surface area contributed by atoms with Crippen LogP contribution >= 0.6 is 0 Å². The molecular formula is C22H28F4N4O4. The Kier molecular flexibility index (Phi) is 6.54. The van der Waals surface area contributed by atoms with E-state index in [1.165, 1.54) is 7.05 Å². The van der Waals surface area contributed by atoms with Gasteiger partial charge in [-0.25, -0.2) is 14.0 Å². The van der Waals surface area contributed by atoms with Gasteiger partial charge in [0, 0.05) is 50.3 Å². The summed E-state index contributed by atoms with van der Waals surface area (Å²) in [4.78, 5) is 28.7. The number of alkyl halides is 3. The van der Waals surface area contributed by atoms with Crippen molar-refractivity contribution in [2.75, 3.05) is 20.1 Å². The highest BCUT2D eigenvalue weighted by Crippen LogP contribution is 2.47. The van der Waals surface area contributed by atoms with Gasteiger partial charge in [-0.3, -0.25) is 0 Å². The lowest BCUT2D eigenvalue weighted by Crippen LogP contribution is -2.59. The van der Waals surface area contributed by atoms with E-state index in [2.05, 4.69) is 15.4 Å². The summed E-state index contributed by atoms with van der Waals surface area (Å²) in [6.45, 7) is 0.498. The maximum absolute atomic E-state index is 14.3. The van der Waals surface area contributed by atoms with Crippen molar-refractivity contribution in [1.29, 1.82) is 0 Å². The molecule has 4 amide bonds. The summed E-state index contributed by atoms with van der Waals surface area (Å²) in [7, 11) is 1.53. The van der Waals surface area contributed by atoms with Crippen LogP contribution in [0.1, 0.15) is 37.7 Å². The molecule has 3 fully saturated rings. The summed E-state index contributed by atoms with van der Waals surface area (Å²) in [6.07, 6.45) is -1.45. The second kappa shape index (κ2) is 9.12. The zero-order chi connectivity index (χ0) is 24.7. The zero-order valence-electron chi connectivity index (χ0n) is 18.7. The molecule has 1 aromatic carbocycles. The Morgan fingerprint density at radius 2 is 1.94 bits per heavy atom. The smallest absolute Gasteiger partial charge is 0.406 e. The van der Waals surface area contributed by atoms with Crippen LogP contribution in [0.2, 0.25) is 0 Å². The maximum atomic E-state index is 14.3. The molecule has 1 heterocycles. The molecule has 8 nitrogen and oxygen atoms in total. The molecular weight excluding hydrogens is 460 g/mol. The van der Waals surface area contributed by atoms with E-state index in [4.69, 9.17) is 0 Å². The molecule has 12 heteroatoms. The molecule has 34 heavy (non-hydrogen) atoms. The number of carbonyl (C=O) groups excluding carboxylic acids is 2. The van der Waals surface area contributed by atoms with Gasteiger partial charge in [0.1, 0.15) is 11.6 Å². The summed E-state index contributed by atoms with van der Waals surface area (Å²) in [6, 6.07) is 1.68. The highest BCUT2D eigenvalue weighted by molar-refractivity contribution is 5.76. The van der Waals surface area contributed by atoms with Crippen LogP contribution in [0.5, 0.6) is 5.75 Å². The van der Waals surface area contributed by atoms with Gasteiger partial charge in [-0.2, -0.15) is 0 Å². The molecule has 2 unspecified atom stereocenters. The summed E-state index contributed by atoms with van der Waals surface area (Å²) in [5, 5.41) is 15.9. The van der Waals surface area contributed by atoms with Crippen molar-refractivity contribution >= 4 is 12.1 Å². The monoisotopic (exact) mass is 488 g/mol. The molecule has 4 rings (SSSR count). The Morgan fingerprint density at radius 1 is 1.24 bits per heavy atom. The van der Waals surface area contributed by atoms with E-state index < -0.39 is 29.6 Å². The van der Waals surface area contributed by atoms with E-state index in [-0.39, 0.29) is 36.1 Å². The molecule has 1 saturated heterocycles. The van der Waals surface area contributed by atoms with E-state index in [0.717, 1.165) is 25.0 Å². The number of nitrogens with zero attached hydrogens (tertiary/aromatic N) is 2. The average Bonchev–Trinajstić information content (AvgIpc) is 3.70. The zero-order valence-corrected chi connectivity index (χ0v) is 18.7. The average molecular weight is 488 g/mol. The van der Waals surface area contributed by atoms with E-state index in [9.17, 15) is 32.3 Å². The third kappa shape index (κ3) is 5.65. The van der Waals surface area contributed by atoms with Crippen molar-refractivity contribution in [1.82, 2.24) is 20.4 Å². The van der Waals surface area contributed by atoms with Gasteiger partial charge in [0.05, 0.1) is 11.6 Å². The van der Waals surface area contributed by atoms with Gasteiger partial charge >= 0.3 is 18.4 Å². The van der Waals surface area contributed by atoms with Crippen molar-refractivity contribution in [3.8, 4) is 5.75 Å². The van der Waals surface area contributed by atoms with Gasteiger partial charge in [0.15, 0.2) is 0 Å². The third-order valence-corrected chi connectivity index (χ3v) is 6.71. The fraction of sp³-hybridized carbons (Fsp3) is 0.636. The number of aliphatic hydroxyl groups is 1. The van der Waals surface area contributed by atoms with Gasteiger partial charge in [-0.15, -0.1) is 13.2 Å². The Balaban J connectivity index is 1.44. The van der Waals surface area contributed by atoms with E-state index in [0.29, 0.717) is 38.4 Å². The van der Waals surface area contributed by atoms with Gasteiger partial charge in [0.2, 0.25) is 0 Å². The van der Waals surface area contributed by atoms with E-state index in [1.807, 2.05) is 0 Å². The fourth-order valence-corrected chi connectivity index (χ4v) is 4.64. The summed E-state index contributed by atoms with van der Waals surface area (Å²) in [5.74, 6) is -1.77. The maximum Gasteiger partial charge on any atom is 0.573 e. The highest BCUT2D eigenvalue weighted by Gasteiger charge is 2.52. The largest absolute Gasteiger partial charge is 0.573 e. The number of hydrogen-bond acceptors (Lipinski definition) is 4. The van der Waals surface area contributed by atoms with Gasteiger partial charge < -0.3 is 30.3 Å². The number of benzene rings is 1. The minimum absolute atomic E-state index is 0.0134. The number of urea groups is 2. The van der Waals surface area contributed by atoms with Crippen LogP contribution in [-0.2, 0) is 6.54 Å². The third-order valence-electron chi connectivity index (χ3n) is 6.71. The molecule has 0 aromatic heterocycles. The molecule has 1 aliphatic heterocycles. The molecule has 0 spiro atoms. The number of halogens is 4. The minimum atomic E-state index is -4.93. The normalized spacial score (nSPS) is 23.8. The van der Waals surface area contributed by atoms with Gasteiger partial charge in [0.25, 0.3) is 0 Å². The van der Waals surface area contributed by atoms with Crippen LogP contribution in [0, 0.1) is 11.7 Å². The van der Waals surface area contributed by atoms with Crippen molar-refractivity contribution in [2.24, 2.45) is 5.92 Å². The Bertz CT molecular complexity index is 936. The first-order valence-corrected chi connectivity index (χ1v) is 11.3. The first kappa shape index (κ1) is 24.4. The van der Waals surface area contributed by atoms with Crippen molar-refractivity contribution < 1.29 is 37.0 Å². The molecule has 0 bridgehead atoms. The highest BCUT2D eigenvalue weighted by atomic mass is 19.4. The second-order valence-electron chi connectivity index (χ2n) is 9.25. The van der Waals surface area contributed by atoms with Crippen LogP contribution in [0.4, 0.5) is 27.2 Å².